The van der Waals surface area contributed by atoms with Gasteiger partial charge in [-0.25, -0.2) is 14.4 Å². The second-order valence-electron chi connectivity index (χ2n) is 7.97. The Bertz CT molecular complexity index is 1330. The first-order valence-electron chi connectivity index (χ1n) is 10.9. The van der Waals surface area contributed by atoms with Crippen molar-refractivity contribution < 1.29 is 37.9 Å². The molecule has 0 saturated carbocycles. The van der Waals surface area contributed by atoms with Crippen molar-refractivity contribution in [3.8, 4) is 0 Å². The normalized spacial score (nSPS) is 23.1. The highest BCUT2D eigenvalue weighted by Gasteiger charge is 2.45. The Morgan fingerprint density at radius 3 is 2.59 bits per heavy atom. The zero-order valence-corrected chi connectivity index (χ0v) is 20.0. The maximum atomic E-state index is 13.5. The molecule has 0 amide bonds. The highest BCUT2D eigenvalue weighted by molar-refractivity contribution is 7.51. The number of nitrogens with two attached hydrogens (primary N) is 1. The van der Waals surface area contributed by atoms with E-state index in [1.54, 1.807) is 24.3 Å². The second-order valence-corrected chi connectivity index (χ2v) is 9.80. The molecule has 0 radical (unpaired) electrons. The third-order valence-electron chi connectivity index (χ3n) is 5.40. The molecule has 5 N–H and O–H groups in total. The molecule has 5 atom stereocenters. The third-order valence-corrected chi connectivity index (χ3v) is 6.90. The quantitative estimate of drug-likeness (QED) is 0.153. The van der Waals surface area contributed by atoms with Crippen molar-refractivity contribution in [3.63, 3.8) is 0 Å². The average molecular weight is 537 g/mol. The van der Waals surface area contributed by atoms with E-state index in [0.717, 1.165) is 16.2 Å². The van der Waals surface area contributed by atoms with Crippen LogP contribution in [0.3, 0.4) is 0 Å². The van der Waals surface area contributed by atoms with E-state index in [9.17, 15) is 29.7 Å². The number of nitro groups is 1. The van der Waals surface area contributed by atoms with Gasteiger partial charge in [0.2, 0.25) is 0 Å². The van der Waals surface area contributed by atoms with Crippen LogP contribution in [-0.2, 0) is 31.5 Å². The van der Waals surface area contributed by atoms with Crippen LogP contribution in [0.5, 0.6) is 0 Å². The molecule has 4 rings (SSSR count). The van der Waals surface area contributed by atoms with Gasteiger partial charge in [0.25, 0.3) is 0 Å². The van der Waals surface area contributed by atoms with Gasteiger partial charge in [-0.2, -0.15) is 4.98 Å². The molecule has 2 aromatic heterocycles. The Kier molecular flexibility index (Phi) is 8.14. The molecule has 198 valence electrons. The second kappa shape index (κ2) is 11.3. The molecule has 37 heavy (non-hydrogen) atoms. The highest BCUT2D eigenvalue weighted by Crippen LogP contribution is 2.46. The van der Waals surface area contributed by atoms with Crippen molar-refractivity contribution in [3.05, 3.63) is 86.7 Å². The summed E-state index contributed by atoms with van der Waals surface area (Å²) in [4.78, 5) is 25.8. The van der Waals surface area contributed by atoms with Crippen molar-refractivity contribution in [1.82, 2.24) is 14.6 Å². The molecule has 3 heterocycles. The predicted molar refractivity (Wildman–Crippen MR) is 126 cm³/mol. The minimum atomic E-state index is -4.12. The van der Waals surface area contributed by atoms with Crippen molar-refractivity contribution >= 4 is 19.4 Å². The lowest BCUT2D eigenvalue weighted by Gasteiger charge is -2.22. The molecular weight excluding hydrogens is 513 g/mol. The number of anilines is 1. The van der Waals surface area contributed by atoms with Crippen molar-refractivity contribution in [2.75, 3.05) is 12.3 Å². The molecular formula is C21H24N5O10P. The summed E-state index contributed by atoms with van der Waals surface area (Å²) in [6.07, 6.45) is -4.29. The van der Waals surface area contributed by atoms with Gasteiger partial charge < -0.3 is 25.1 Å². The summed E-state index contributed by atoms with van der Waals surface area (Å²) in [7, 11) is -4.12. The Balaban J connectivity index is 1.45. The largest absolute Gasteiger partial charge is 0.433 e. The SMILES string of the molecule is Nc1ccn([C@@H]2O[C@H](COP(=O)(NCc3ccccc3)OCc3ccc([N+](=O)[O-])o3)[C@@H](O)[C@@H]2O)c(=O)n1. The number of nitrogens with zero attached hydrogens (tertiary/aromatic N) is 3. The van der Waals surface area contributed by atoms with Crippen LogP contribution in [0.4, 0.5) is 11.7 Å². The fourth-order valence-electron chi connectivity index (χ4n) is 3.49. The number of benzene rings is 1. The van der Waals surface area contributed by atoms with Crippen LogP contribution in [-0.4, -0.2) is 49.6 Å². The number of aromatic nitrogens is 2. The Labute approximate surface area is 209 Å². The van der Waals surface area contributed by atoms with Gasteiger partial charge in [-0.3, -0.25) is 23.7 Å². The first-order chi connectivity index (χ1) is 17.6. The predicted octanol–water partition coefficient (Wildman–Crippen LogP) is 1.08. The Morgan fingerprint density at radius 2 is 1.92 bits per heavy atom. The minimum Gasteiger partial charge on any atom is -0.403 e. The smallest absolute Gasteiger partial charge is 0.403 e. The molecule has 0 spiro atoms. The first-order valence-corrected chi connectivity index (χ1v) is 12.5. The van der Waals surface area contributed by atoms with E-state index in [2.05, 4.69) is 10.1 Å². The number of nitrogens with one attached hydrogen (secondary N) is 1. The molecule has 1 aliphatic heterocycles. The van der Waals surface area contributed by atoms with Gasteiger partial charge in [0, 0.05) is 12.7 Å². The van der Waals surface area contributed by atoms with E-state index >= 15 is 0 Å². The Morgan fingerprint density at radius 1 is 1.16 bits per heavy atom. The fourth-order valence-corrected chi connectivity index (χ4v) is 4.76. The lowest BCUT2D eigenvalue weighted by molar-refractivity contribution is -0.402. The monoisotopic (exact) mass is 537 g/mol. The van der Waals surface area contributed by atoms with E-state index in [4.69, 9.17) is 23.9 Å². The van der Waals surface area contributed by atoms with E-state index in [0.29, 0.717) is 0 Å². The fraction of sp³-hybridized carbons (Fsp3) is 0.333. The lowest BCUT2D eigenvalue weighted by atomic mass is 10.1. The van der Waals surface area contributed by atoms with Gasteiger partial charge in [-0.1, -0.05) is 30.3 Å². The number of hydrogen-bond donors (Lipinski definition) is 4. The molecule has 15 nitrogen and oxygen atoms in total. The number of ether oxygens (including phenoxy) is 1. The zero-order chi connectivity index (χ0) is 26.6. The van der Waals surface area contributed by atoms with Crippen LogP contribution in [0.15, 0.2) is 63.9 Å². The Hall–Kier alpha value is -3.43. The summed E-state index contributed by atoms with van der Waals surface area (Å²) in [6.45, 7) is -0.871. The van der Waals surface area contributed by atoms with Crippen molar-refractivity contribution in [1.29, 1.82) is 0 Å². The van der Waals surface area contributed by atoms with Crippen LogP contribution in [0.2, 0.25) is 0 Å². The summed E-state index contributed by atoms with van der Waals surface area (Å²) in [6, 6.07) is 12.7. The van der Waals surface area contributed by atoms with Gasteiger partial charge >= 0.3 is 19.3 Å². The molecule has 0 aliphatic carbocycles. The number of nitrogen functional groups attached to an aromatic ring is 1. The van der Waals surface area contributed by atoms with Crippen molar-refractivity contribution in [2.45, 2.75) is 37.7 Å². The molecule has 1 fully saturated rings. The van der Waals surface area contributed by atoms with E-state index < -0.39 is 62.0 Å². The topological polar surface area (TPSA) is 214 Å². The van der Waals surface area contributed by atoms with E-state index in [1.807, 2.05) is 6.07 Å². The summed E-state index contributed by atoms with van der Waals surface area (Å²) in [5, 5.41) is 34.4. The molecule has 1 unspecified atom stereocenters. The van der Waals surface area contributed by atoms with Gasteiger partial charge in [-0.05, 0) is 17.7 Å². The summed E-state index contributed by atoms with van der Waals surface area (Å²) >= 11 is 0. The molecule has 16 heteroatoms. The summed E-state index contributed by atoms with van der Waals surface area (Å²) in [5.74, 6) is -0.514. The maximum Gasteiger partial charge on any atom is 0.433 e. The number of furan rings is 1. The summed E-state index contributed by atoms with van der Waals surface area (Å²) < 4.78 is 36.0. The number of hydrogen-bond acceptors (Lipinski definition) is 12. The van der Waals surface area contributed by atoms with Gasteiger partial charge in [-0.15, -0.1) is 0 Å². The van der Waals surface area contributed by atoms with E-state index in [-0.39, 0.29) is 18.1 Å². The highest BCUT2D eigenvalue weighted by atomic mass is 31.2. The van der Waals surface area contributed by atoms with Crippen LogP contribution in [0.25, 0.3) is 0 Å². The lowest BCUT2D eigenvalue weighted by Crippen LogP contribution is -2.36. The number of aliphatic hydroxyl groups is 2. The number of aliphatic hydroxyl groups excluding tert-OH is 2. The molecule has 0 bridgehead atoms. The van der Waals surface area contributed by atoms with Crippen LogP contribution in [0.1, 0.15) is 17.6 Å². The van der Waals surface area contributed by atoms with Crippen LogP contribution in [0, 0.1) is 10.1 Å². The van der Waals surface area contributed by atoms with Gasteiger partial charge in [0.1, 0.15) is 41.4 Å². The zero-order valence-electron chi connectivity index (χ0n) is 19.2. The molecule has 1 saturated heterocycles. The molecule has 1 aliphatic rings. The van der Waals surface area contributed by atoms with Crippen molar-refractivity contribution in [2.24, 2.45) is 0 Å². The van der Waals surface area contributed by atoms with Gasteiger partial charge in [0.15, 0.2) is 6.23 Å². The third kappa shape index (κ3) is 6.47. The van der Waals surface area contributed by atoms with Crippen LogP contribution >= 0.6 is 7.75 Å². The minimum absolute atomic E-state index is 0.0277. The maximum absolute atomic E-state index is 13.5. The van der Waals surface area contributed by atoms with Crippen LogP contribution < -0.4 is 16.5 Å². The summed E-state index contributed by atoms with van der Waals surface area (Å²) in [5.41, 5.74) is 5.43. The van der Waals surface area contributed by atoms with Gasteiger partial charge in [0.05, 0.1) is 12.7 Å². The first kappa shape index (κ1) is 26.6. The standard InChI is InChI=1S/C21H24N5O10P/c22-16-8-9-25(21(29)24-16)20-19(28)18(27)15(36-20)12-34-37(32,23-10-13-4-2-1-3-5-13)33-11-14-6-7-17(35-14)26(30)31/h1-9,15,18-20,27-28H,10-12H2,(H,23,32)(H2,22,24,29)/t15-,18-,19+,20-,37?/m1/s1. The molecule has 3 aromatic rings. The average Bonchev–Trinajstić information content (AvgIpc) is 3.47. The van der Waals surface area contributed by atoms with E-state index in [1.165, 1.54) is 18.3 Å². The molecule has 1 aromatic carbocycles. The number of rotatable bonds is 11.